The molecule has 0 N–H and O–H groups in total. The fraction of sp³-hybridized carbons (Fsp3) is 0.667. The van der Waals surface area contributed by atoms with Crippen molar-refractivity contribution in [1.29, 1.82) is 0 Å². The molecule has 0 bridgehead atoms. The van der Waals surface area contributed by atoms with Gasteiger partial charge >= 0.3 is 0 Å². The minimum Gasteiger partial charge on any atom is -0.339 e. The predicted molar refractivity (Wildman–Crippen MR) is 91.4 cm³/mol. The zero-order valence-corrected chi connectivity index (χ0v) is 14.9. The molecule has 4 rings (SSSR count). The van der Waals surface area contributed by atoms with Gasteiger partial charge in [0.2, 0.25) is 5.89 Å². The third-order valence-corrected chi connectivity index (χ3v) is 5.56. The SMILES string of the molecule is Cc1noc(C2CCN(C(=O)c3cnn(C4CCCCC4)c3C)C2)n1. The van der Waals surface area contributed by atoms with E-state index in [0.717, 1.165) is 24.2 Å². The Kier molecular flexibility index (Phi) is 4.31. The molecular weight excluding hydrogens is 318 g/mol. The second kappa shape index (κ2) is 6.61. The van der Waals surface area contributed by atoms with Crippen molar-refractivity contribution in [3.05, 3.63) is 29.2 Å². The van der Waals surface area contributed by atoms with Crippen LogP contribution in [0.25, 0.3) is 0 Å². The number of carbonyl (C=O) groups excluding carboxylic acids is 1. The van der Waals surface area contributed by atoms with Crippen molar-refractivity contribution >= 4 is 5.91 Å². The van der Waals surface area contributed by atoms with E-state index in [-0.39, 0.29) is 11.8 Å². The van der Waals surface area contributed by atoms with Crippen LogP contribution in [0.15, 0.2) is 10.7 Å². The summed E-state index contributed by atoms with van der Waals surface area (Å²) in [6.45, 7) is 5.19. The molecule has 3 heterocycles. The number of rotatable bonds is 3. The quantitative estimate of drug-likeness (QED) is 0.856. The smallest absolute Gasteiger partial charge is 0.257 e. The van der Waals surface area contributed by atoms with Crippen molar-refractivity contribution in [3.63, 3.8) is 0 Å². The summed E-state index contributed by atoms with van der Waals surface area (Å²) in [5.41, 5.74) is 1.72. The zero-order chi connectivity index (χ0) is 17.4. The van der Waals surface area contributed by atoms with Crippen LogP contribution in [0.1, 0.15) is 78.3 Å². The number of amides is 1. The van der Waals surface area contributed by atoms with E-state index in [0.29, 0.717) is 24.3 Å². The van der Waals surface area contributed by atoms with Crippen molar-refractivity contribution < 1.29 is 9.32 Å². The van der Waals surface area contributed by atoms with Crippen LogP contribution in [0.5, 0.6) is 0 Å². The molecule has 25 heavy (non-hydrogen) atoms. The van der Waals surface area contributed by atoms with Gasteiger partial charge in [-0.25, -0.2) is 0 Å². The van der Waals surface area contributed by atoms with Crippen LogP contribution in [0.3, 0.4) is 0 Å². The summed E-state index contributed by atoms with van der Waals surface area (Å²) in [6.07, 6.45) is 8.76. The fourth-order valence-electron chi connectivity index (χ4n) is 4.12. The average molecular weight is 343 g/mol. The summed E-state index contributed by atoms with van der Waals surface area (Å²) in [5.74, 6) is 1.49. The van der Waals surface area contributed by atoms with Gasteiger partial charge in [-0.1, -0.05) is 24.4 Å². The molecule has 0 aromatic carbocycles. The van der Waals surface area contributed by atoms with Gasteiger partial charge in [-0.05, 0) is 33.1 Å². The van der Waals surface area contributed by atoms with E-state index in [2.05, 4.69) is 19.9 Å². The van der Waals surface area contributed by atoms with Crippen LogP contribution in [-0.4, -0.2) is 43.8 Å². The van der Waals surface area contributed by atoms with Gasteiger partial charge in [0.1, 0.15) is 0 Å². The van der Waals surface area contributed by atoms with Crippen molar-refractivity contribution in [1.82, 2.24) is 24.8 Å². The van der Waals surface area contributed by atoms with Gasteiger partial charge in [0.15, 0.2) is 5.82 Å². The fourth-order valence-corrected chi connectivity index (χ4v) is 4.12. The molecule has 1 aliphatic carbocycles. The lowest BCUT2D eigenvalue weighted by molar-refractivity contribution is 0.0788. The van der Waals surface area contributed by atoms with E-state index in [4.69, 9.17) is 4.52 Å². The summed E-state index contributed by atoms with van der Waals surface area (Å²) < 4.78 is 7.34. The van der Waals surface area contributed by atoms with Crippen molar-refractivity contribution in [2.45, 2.75) is 64.3 Å². The number of aryl methyl sites for hydroxylation is 1. The Labute approximate surface area is 147 Å². The molecule has 0 spiro atoms. The Morgan fingerprint density at radius 3 is 2.72 bits per heavy atom. The van der Waals surface area contributed by atoms with Gasteiger partial charge in [0, 0.05) is 18.8 Å². The number of nitrogens with zero attached hydrogens (tertiary/aromatic N) is 5. The van der Waals surface area contributed by atoms with Gasteiger partial charge < -0.3 is 9.42 Å². The highest BCUT2D eigenvalue weighted by Gasteiger charge is 2.33. The maximum absolute atomic E-state index is 13.0. The standard InChI is InChI=1S/C18H25N5O2/c1-12-16(10-19-23(12)15-6-4-3-5-7-15)18(24)22-9-8-14(11-22)17-20-13(2)21-25-17/h10,14-15H,3-9,11H2,1-2H3. The molecule has 7 nitrogen and oxygen atoms in total. The van der Waals surface area contributed by atoms with Gasteiger partial charge in [-0.3, -0.25) is 9.48 Å². The zero-order valence-electron chi connectivity index (χ0n) is 14.9. The molecule has 1 amide bonds. The number of hydrogen-bond acceptors (Lipinski definition) is 5. The first-order valence-electron chi connectivity index (χ1n) is 9.27. The molecule has 1 aliphatic heterocycles. The number of likely N-dealkylation sites (tertiary alicyclic amines) is 1. The third-order valence-electron chi connectivity index (χ3n) is 5.56. The lowest BCUT2D eigenvalue weighted by Crippen LogP contribution is -2.29. The van der Waals surface area contributed by atoms with E-state index in [1.54, 1.807) is 6.20 Å². The molecule has 0 radical (unpaired) electrons. The second-order valence-electron chi connectivity index (χ2n) is 7.30. The topological polar surface area (TPSA) is 77.0 Å². The van der Waals surface area contributed by atoms with E-state index in [1.165, 1.54) is 32.1 Å². The van der Waals surface area contributed by atoms with Gasteiger partial charge in [0.05, 0.1) is 23.7 Å². The maximum atomic E-state index is 13.0. The van der Waals surface area contributed by atoms with Crippen LogP contribution in [0, 0.1) is 13.8 Å². The predicted octanol–water partition coefficient (Wildman–Crippen LogP) is 3.02. The molecule has 2 aromatic rings. The Hall–Kier alpha value is -2.18. The maximum Gasteiger partial charge on any atom is 0.257 e. The van der Waals surface area contributed by atoms with Crippen molar-refractivity contribution in [2.24, 2.45) is 0 Å². The Balaban J connectivity index is 1.47. The Morgan fingerprint density at radius 2 is 2.00 bits per heavy atom. The molecule has 1 saturated heterocycles. The summed E-state index contributed by atoms with van der Waals surface area (Å²) in [5, 5.41) is 8.40. The normalized spacial score (nSPS) is 21.8. The first-order valence-corrected chi connectivity index (χ1v) is 9.27. The minimum atomic E-state index is 0.0679. The number of aromatic nitrogens is 4. The molecule has 2 fully saturated rings. The first-order chi connectivity index (χ1) is 12.1. The number of carbonyl (C=O) groups is 1. The van der Waals surface area contributed by atoms with Gasteiger partial charge in [0.25, 0.3) is 5.91 Å². The third kappa shape index (κ3) is 3.07. The molecular formula is C18H25N5O2. The molecule has 1 unspecified atom stereocenters. The first kappa shape index (κ1) is 16.3. The molecule has 2 aromatic heterocycles. The average Bonchev–Trinajstić information content (AvgIpc) is 3.34. The van der Waals surface area contributed by atoms with E-state index in [1.807, 2.05) is 18.7 Å². The van der Waals surface area contributed by atoms with E-state index >= 15 is 0 Å². The molecule has 1 saturated carbocycles. The van der Waals surface area contributed by atoms with Crippen molar-refractivity contribution in [3.8, 4) is 0 Å². The van der Waals surface area contributed by atoms with Crippen LogP contribution < -0.4 is 0 Å². The van der Waals surface area contributed by atoms with Crippen LogP contribution >= 0.6 is 0 Å². The Morgan fingerprint density at radius 1 is 1.20 bits per heavy atom. The monoisotopic (exact) mass is 343 g/mol. The summed E-state index contributed by atoms with van der Waals surface area (Å²) >= 11 is 0. The van der Waals surface area contributed by atoms with Crippen LogP contribution in [0.4, 0.5) is 0 Å². The van der Waals surface area contributed by atoms with E-state index in [9.17, 15) is 4.79 Å². The highest BCUT2D eigenvalue weighted by Crippen LogP contribution is 2.31. The highest BCUT2D eigenvalue weighted by molar-refractivity contribution is 5.95. The second-order valence-corrected chi connectivity index (χ2v) is 7.30. The number of hydrogen-bond donors (Lipinski definition) is 0. The summed E-state index contributed by atoms with van der Waals surface area (Å²) in [4.78, 5) is 19.2. The van der Waals surface area contributed by atoms with Crippen LogP contribution in [-0.2, 0) is 0 Å². The van der Waals surface area contributed by atoms with E-state index < -0.39 is 0 Å². The molecule has 134 valence electrons. The highest BCUT2D eigenvalue weighted by atomic mass is 16.5. The summed E-state index contributed by atoms with van der Waals surface area (Å²) in [6, 6.07) is 0.447. The largest absolute Gasteiger partial charge is 0.339 e. The van der Waals surface area contributed by atoms with Crippen molar-refractivity contribution in [2.75, 3.05) is 13.1 Å². The lowest BCUT2D eigenvalue weighted by atomic mass is 9.95. The molecule has 2 aliphatic rings. The molecule has 1 atom stereocenters. The van der Waals surface area contributed by atoms with Gasteiger partial charge in [-0.2, -0.15) is 10.1 Å². The molecule has 7 heteroatoms. The van der Waals surface area contributed by atoms with Crippen LogP contribution in [0.2, 0.25) is 0 Å². The minimum absolute atomic E-state index is 0.0679. The Bertz CT molecular complexity index is 759. The lowest BCUT2D eigenvalue weighted by Gasteiger charge is -2.23. The summed E-state index contributed by atoms with van der Waals surface area (Å²) in [7, 11) is 0. The van der Waals surface area contributed by atoms with Gasteiger partial charge in [-0.15, -0.1) is 0 Å².